The molecule has 0 saturated carbocycles. The Morgan fingerprint density at radius 2 is 1.80 bits per heavy atom. The fourth-order valence-electron chi connectivity index (χ4n) is 3.60. The normalized spacial score (nSPS) is 12.8. The van der Waals surface area contributed by atoms with Gasteiger partial charge in [-0.05, 0) is 39.8 Å². The zero-order valence-corrected chi connectivity index (χ0v) is 20.5. The highest BCUT2D eigenvalue weighted by Gasteiger charge is 2.25. The molecule has 3 rings (SSSR count). The Morgan fingerprint density at radius 1 is 1.11 bits per heavy atom. The number of hydrogen-bond donors (Lipinski definition) is 2. The van der Waals surface area contributed by atoms with Crippen molar-refractivity contribution >= 4 is 20.1 Å². The van der Waals surface area contributed by atoms with Crippen molar-refractivity contribution in [3.8, 4) is 22.4 Å². The van der Waals surface area contributed by atoms with Gasteiger partial charge in [0.15, 0.2) is 0 Å². The van der Waals surface area contributed by atoms with Gasteiger partial charge < -0.3 is 10.2 Å². The van der Waals surface area contributed by atoms with Gasteiger partial charge in [0.1, 0.15) is 18.5 Å². The number of nitrogens with zero attached hydrogens (tertiary/aromatic N) is 1. The predicted molar refractivity (Wildman–Crippen MR) is 135 cm³/mol. The van der Waals surface area contributed by atoms with Crippen LogP contribution in [0.4, 0.5) is 4.39 Å². The molecule has 1 unspecified atom stereocenters. The van der Waals surface area contributed by atoms with Gasteiger partial charge in [-0.2, -0.15) is 0 Å². The Morgan fingerprint density at radius 3 is 2.43 bits per heavy atom. The fraction of sp³-hybridized carbons (Fsp3) is 0.259. The average Bonchev–Trinajstić information content (AvgIpc) is 2.82. The molecule has 3 aromatic rings. The number of carboxylic acid groups (broad SMARTS) is 1. The molecule has 2 N–H and O–H groups in total. The molecule has 35 heavy (non-hydrogen) atoms. The molecular weight excluding hydrogens is 468 g/mol. The Balaban J connectivity index is 1.92. The minimum atomic E-state index is -2.21. The second kappa shape index (κ2) is 12.5. The molecule has 0 fully saturated rings. The highest BCUT2D eigenvalue weighted by molar-refractivity contribution is 7.39. The Hall–Kier alpha value is -3.25. The van der Waals surface area contributed by atoms with Gasteiger partial charge in [-0.25, -0.2) is 4.39 Å². The second-order valence-electron chi connectivity index (χ2n) is 8.35. The smallest absolute Gasteiger partial charge is 0.481 e. The number of halogens is 1. The highest BCUT2D eigenvalue weighted by Crippen LogP contribution is 2.34. The summed E-state index contributed by atoms with van der Waals surface area (Å²) in [6.45, 7) is 4.09. The van der Waals surface area contributed by atoms with Crippen LogP contribution >= 0.6 is 8.03 Å². The SMILES string of the molecule is CC(C)c1nc(-c2ccccc2)cc(-c2ccc(F)cc2)c1/C=C/CO[P+](=O)C[C@@H](O)CC(=O)O. The van der Waals surface area contributed by atoms with Gasteiger partial charge in [-0.1, -0.05) is 68.5 Å². The first-order chi connectivity index (χ1) is 16.7. The summed E-state index contributed by atoms with van der Waals surface area (Å²) in [5.41, 5.74) is 5.17. The quantitative estimate of drug-likeness (QED) is 0.303. The van der Waals surface area contributed by atoms with Crippen molar-refractivity contribution < 1.29 is 28.5 Å². The number of carboxylic acids is 1. The second-order valence-corrected chi connectivity index (χ2v) is 9.64. The summed E-state index contributed by atoms with van der Waals surface area (Å²) in [5, 5.41) is 18.3. The molecule has 2 atom stereocenters. The van der Waals surface area contributed by atoms with E-state index in [2.05, 4.69) is 0 Å². The largest absolute Gasteiger partial charge is 0.511 e. The van der Waals surface area contributed by atoms with Gasteiger partial charge in [-0.3, -0.25) is 9.78 Å². The van der Waals surface area contributed by atoms with E-state index in [4.69, 9.17) is 14.6 Å². The van der Waals surface area contributed by atoms with E-state index < -0.39 is 26.5 Å². The van der Waals surface area contributed by atoms with Crippen molar-refractivity contribution in [2.24, 2.45) is 0 Å². The predicted octanol–water partition coefficient (Wildman–Crippen LogP) is 6.29. The van der Waals surface area contributed by atoms with Crippen LogP contribution in [0.15, 0.2) is 66.7 Å². The van der Waals surface area contributed by atoms with E-state index in [1.54, 1.807) is 18.2 Å². The van der Waals surface area contributed by atoms with Crippen LogP contribution in [-0.2, 0) is 13.9 Å². The van der Waals surface area contributed by atoms with Crippen LogP contribution in [0, 0.1) is 5.82 Å². The molecule has 0 radical (unpaired) electrons. The topological polar surface area (TPSA) is 96.7 Å². The molecule has 182 valence electrons. The summed E-state index contributed by atoms with van der Waals surface area (Å²) < 4.78 is 30.9. The van der Waals surface area contributed by atoms with Gasteiger partial charge in [0.05, 0.1) is 17.8 Å². The zero-order valence-electron chi connectivity index (χ0n) is 19.6. The van der Waals surface area contributed by atoms with E-state index in [9.17, 15) is 18.9 Å². The Labute approximate surface area is 205 Å². The van der Waals surface area contributed by atoms with Gasteiger partial charge in [0, 0.05) is 11.1 Å². The van der Waals surface area contributed by atoms with Crippen LogP contribution in [-0.4, -0.2) is 40.0 Å². The lowest BCUT2D eigenvalue weighted by atomic mass is 9.92. The first-order valence-corrected chi connectivity index (χ1v) is 12.6. The van der Waals surface area contributed by atoms with Crippen molar-refractivity contribution in [2.75, 3.05) is 12.8 Å². The molecule has 0 bridgehead atoms. The maximum Gasteiger partial charge on any atom is 0.511 e. The summed E-state index contributed by atoms with van der Waals surface area (Å²) in [4.78, 5) is 15.6. The summed E-state index contributed by atoms with van der Waals surface area (Å²) in [5.74, 6) is -1.41. The van der Waals surface area contributed by atoms with Crippen LogP contribution in [0.2, 0.25) is 0 Å². The molecule has 1 aromatic heterocycles. The molecule has 8 heteroatoms. The third-order valence-electron chi connectivity index (χ3n) is 5.23. The number of aromatic nitrogens is 1. The summed E-state index contributed by atoms with van der Waals surface area (Å²) in [6.07, 6.45) is 1.58. The standard InChI is InChI=1S/C27H27FNO5P/c1-18(2)27-23(9-6-14-34-35(33)17-22(30)15-26(31)32)24(19-10-12-21(28)13-11-19)16-25(29-27)20-7-4-3-5-8-20/h3-13,16,18,22,30H,14-15,17H2,1-2H3/p+1/b9-6+/t22-/m0/s1. The van der Waals surface area contributed by atoms with E-state index in [0.29, 0.717) is 0 Å². The van der Waals surface area contributed by atoms with E-state index in [1.165, 1.54) is 12.1 Å². The summed E-state index contributed by atoms with van der Waals surface area (Å²) in [7, 11) is -2.21. The number of aliphatic carboxylic acids is 1. The van der Waals surface area contributed by atoms with E-state index in [-0.39, 0.29) is 24.5 Å². The number of carbonyl (C=O) groups is 1. The van der Waals surface area contributed by atoms with Crippen molar-refractivity contribution in [1.29, 1.82) is 0 Å². The van der Waals surface area contributed by atoms with Crippen molar-refractivity contribution in [3.05, 3.63) is 83.8 Å². The maximum absolute atomic E-state index is 13.6. The zero-order chi connectivity index (χ0) is 25.4. The highest BCUT2D eigenvalue weighted by atomic mass is 31.1. The van der Waals surface area contributed by atoms with Crippen LogP contribution < -0.4 is 0 Å². The molecule has 2 aromatic carbocycles. The molecule has 0 aliphatic rings. The molecule has 0 aliphatic carbocycles. The van der Waals surface area contributed by atoms with Gasteiger partial charge >= 0.3 is 14.0 Å². The minimum absolute atomic E-state index is 0.00975. The number of benzene rings is 2. The molecule has 6 nitrogen and oxygen atoms in total. The molecule has 0 spiro atoms. The van der Waals surface area contributed by atoms with Gasteiger partial charge in [0.25, 0.3) is 0 Å². The van der Waals surface area contributed by atoms with Gasteiger partial charge in [0.2, 0.25) is 6.16 Å². The Kier molecular flexibility index (Phi) is 9.38. The average molecular weight is 496 g/mol. The third-order valence-corrected chi connectivity index (χ3v) is 6.39. The van der Waals surface area contributed by atoms with Crippen LogP contribution in [0.1, 0.15) is 37.4 Å². The van der Waals surface area contributed by atoms with Gasteiger partial charge in [-0.15, -0.1) is 4.52 Å². The lowest BCUT2D eigenvalue weighted by Gasteiger charge is -2.17. The van der Waals surface area contributed by atoms with Crippen LogP contribution in [0.25, 0.3) is 28.5 Å². The van der Waals surface area contributed by atoms with Crippen molar-refractivity contribution in [2.45, 2.75) is 32.3 Å². The fourth-order valence-corrected chi connectivity index (χ4v) is 4.43. The first-order valence-electron chi connectivity index (χ1n) is 11.2. The number of aliphatic hydroxyl groups is 1. The molecule has 0 saturated heterocycles. The lowest BCUT2D eigenvalue weighted by Crippen LogP contribution is -2.15. The van der Waals surface area contributed by atoms with Crippen LogP contribution in [0.5, 0.6) is 0 Å². The van der Waals surface area contributed by atoms with Crippen molar-refractivity contribution in [1.82, 2.24) is 4.98 Å². The number of aliphatic hydroxyl groups excluding tert-OH is 1. The van der Waals surface area contributed by atoms with Crippen molar-refractivity contribution in [3.63, 3.8) is 0 Å². The number of hydrogen-bond acceptors (Lipinski definition) is 5. The number of rotatable bonds is 11. The van der Waals surface area contributed by atoms with E-state index in [0.717, 1.165) is 33.6 Å². The summed E-state index contributed by atoms with van der Waals surface area (Å²) in [6, 6.07) is 18.0. The maximum atomic E-state index is 13.6. The first kappa shape index (κ1) is 26.4. The minimum Gasteiger partial charge on any atom is -0.481 e. The van der Waals surface area contributed by atoms with Crippen LogP contribution in [0.3, 0.4) is 0 Å². The van der Waals surface area contributed by atoms with E-state index in [1.807, 2.05) is 56.3 Å². The molecule has 0 aliphatic heterocycles. The molecular formula is C27H28FNO5P+. The summed E-state index contributed by atoms with van der Waals surface area (Å²) >= 11 is 0. The van der Waals surface area contributed by atoms with E-state index >= 15 is 0 Å². The monoisotopic (exact) mass is 496 g/mol. The molecule has 1 heterocycles. The number of pyridine rings is 1. The third kappa shape index (κ3) is 7.62. The Bertz CT molecular complexity index is 1200. The molecule has 0 amide bonds. The lowest BCUT2D eigenvalue weighted by molar-refractivity contribution is -0.138.